The first-order valence-electron chi connectivity index (χ1n) is 7.34. The molecule has 0 heterocycles. The zero-order valence-corrected chi connectivity index (χ0v) is 12.2. The van der Waals surface area contributed by atoms with Crippen molar-refractivity contribution in [1.29, 1.82) is 0 Å². The Balaban J connectivity index is 2.09. The van der Waals surface area contributed by atoms with Gasteiger partial charge in [-0.3, -0.25) is 4.79 Å². The molecule has 0 radical (unpaired) electrons. The molecule has 1 aliphatic rings. The largest absolute Gasteiger partial charge is 0.491 e. The lowest BCUT2D eigenvalue weighted by atomic mass is 10.0. The Morgan fingerprint density at radius 3 is 2.90 bits per heavy atom. The molecule has 4 heteroatoms. The third-order valence-corrected chi connectivity index (χ3v) is 3.67. The second-order valence-corrected chi connectivity index (χ2v) is 5.44. The van der Waals surface area contributed by atoms with Gasteiger partial charge in [0.15, 0.2) is 0 Å². The summed E-state index contributed by atoms with van der Waals surface area (Å²) in [6, 6.07) is 5.73. The lowest BCUT2D eigenvalue weighted by Gasteiger charge is -2.17. The van der Waals surface area contributed by atoms with Crippen LogP contribution < -0.4 is 10.1 Å². The highest BCUT2D eigenvalue weighted by Crippen LogP contribution is 2.30. The molecule has 2 unspecified atom stereocenters. The SMILES string of the molecule is CCCOc1cc(C)ccc1NC(=O)C1CCCC1O. The first-order valence-corrected chi connectivity index (χ1v) is 7.34. The van der Waals surface area contributed by atoms with Crippen LogP contribution in [0.2, 0.25) is 0 Å². The maximum atomic E-state index is 12.2. The number of carbonyl (C=O) groups excluding carboxylic acids is 1. The van der Waals surface area contributed by atoms with Crippen LogP contribution >= 0.6 is 0 Å². The van der Waals surface area contributed by atoms with Crippen molar-refractivity contribution in [2.24, 2.45) is 5.92 Å². The van der Waals surface area contributed by atoms with Crippen molar-refractivity contribution in [1.82, 2.24) is 0 Å². The number of aliphatic hydroxyl groups excluding tert-OH is 1. The summed E-state index contributed by atoms with van der Waals surface area (Å²) >= 11 is 0. The van der Waals surface area contributed by atoms with E-state index in [1.165, 1.54) is 0 Å². The van der Waals surface area contributed by atoms with Crippen LogP contribution in [-0.2, 0) is 4.79 Å². The molecule has 0 bridgehead atoms. The van der Waals surface area contributed by atoms with Gasteiger partial charge in [0.2, 0.25) is 5.91 Å². The fourth-order valence-corrected chi connectivity index (χ4v) is 2.54. The molecule has 1 saturated carbocycles. The molecule has 20 heavy (non-hydrogen) atoms. The topological polar surface area (TPSA) is 58.6 Å². The van der Waals surface area contributed by atoms with Crippen LogP contribution in [0.15, 0.2) is 18.2 Å². The van der Waals surface area contributed by atoms with Gasteiger partial charge in [0.05, 0.1) is 24.3 Å². The molecule has 0 aromatic heterocycles. The van der Waals surface area contributed by atoms with Crippen molar-refractivity contribution in [3.8, 4) is 5.75 Å². The Bertz CT molecular complexity index is 473. The summed E-state index contributed by atoms with van der Waals surface area (Å²) in [4.78, 5) is 12.2. The number of ether oxygens (including phenoxy) is 1. The Kier molecular flexibility index (Phi) is 5.01. The van der Waals surface area contributed by atoms with Gasteiger partial charge in [-0.1, -0.05) is 13.0 Å². The van der Waals surface area contributed by atoms with E-state index in [1.807, 2.05) is 32.0 Å². The van der Waals surface area contributed by atoms with E-state index >= 15 is 0 Å². The zero-order chi connectivity index (χ0) is 14.5. The van der Waals surface area contributed by atoms with Crippen molar-refractivity contribution in [2.45, 2.75) is 45.6 Å². The maximum Gasteiger partial charge on any atom is 0.230 e. The number of anilines is 1. The smallest absolute Gasteiger partial charge is 0.230 e. The summed E-state index contributed by atoms with van der Waals surface area (Å²) < 4.78 is 5.68. The molecule has 1 aliphatic carbocycles. The normalized spacial score (nSPS) is 21.8. The minimum Gasteiger partial charge on any atom is -0.491 e. The molecule has 0 saturated heterocycles. The molecule has 1 amide bonds. The van der Waals surface area contributed by atoms with Crippen molar-refractivity contribution in [3.63, 3.8) is 0 Å². The fraction of sp³-hybridized carbons (Fsp3) is 0.562. The van der Waals surface area contributed by atoms with E-state index in [1.54, 1.807) is 0 Å². The molecular formula is C16H23NO3. The van der Waals surface area contributed by atoms with Crippen LogP contribution in [0.3, 0.4) is 0 Å². The van der Waals surface area contributed by atoms with E-state index in [0.29, 0.717) is 24.5 Å². The van der Waals surface area contributed by atoms with Crippen LogP contribution in [-0.4, -0.2) is 23.7 Å². The average molecular weight is 277 g/mol. The van der Waals surface area contributed by atoms with E-state index in [2.05, 4.69) is 5.32 Å². The van der Waals surface area contributed by atoms with Gasteiger partial charge >= 0.3 is 0 Å². The van der Waals surface area contributed by atoms with Crippen molar-refractivity contribution < 1.29 is 14.6 Å². The quantitative estimate of drug-likeness (QED) is 0.870. The van der Waals surface area contributed by atoms with Crippen molar-refractivity contribution in [2.75, 3.05) is 11.9 Å². The molecular weight excluding hydrogens is 254 g/mol. The van der Waals surface area contributed by atoms with E-state index in [9.17, 15) is 9.90 Å². The fourth-order valence-electron chi connectivity index (χ4n) is 2.54. The van der Waals surface area contributed by atoms with Gasteiger partial charge in [-0.15, -0.1) is 0 Å². The molecule has 4 nitrogen and oxygen atoms in total. The van der Waals surface area contributed by atoms with Crippen LogP contribution in [0.1, 0.15) is 38.2 Å². The van der Waals surface area contributed by atoms with Gasteiger partial charge < -0.3 is 15.2 Å². The number of rotatable bonds is 5. The monoisotopic (exact) mass is 277 g/mol. The number of aliphatic hydroxyl groups is 1. The Morgan fingerprint density at radius 2 is 2.25 bits per heavy atom. The number of hydrogen-bond donors (Lipinski definition) is 2. The average Bonchev–Trinajstić information content (AvgIpc) is 2.85. The van der Waals surface area contributed by atoms with Gasteiger partial charge in [0, 0.05) is 0 Å². The Hall–Kier alpha value is -1.55. The Morgan fingerprint density at radius 1 is 1.45 bits per heavy atom. The molecule has 2 N–H and O–H groups in total. The molecule has 2 atom stereocenters. The highest BCUT2D eigenvalue weighted by molar-refractivity contribution is 5.94. The predicted molar refractivity (Wildman–Crippen MR) is 78.9 cm³/mol. The van der Waals surface area contributed by atoms with Gasteiger partial charge in [-0.25, -0.2) is 0 Å². The molecule has 1 aromatic carbocycles. The van der Waals surface area contributed by atoms with Gasteiger partial charge in [0.1, 0.15) is 5.75 Å². The summed E-state index contributed by atoms with van der Waals surface area (Å²) in [5, 5.41) is 12.7. The van der Waals surface area contributed by atoms with Crippen LogP contribution in [0.4, 0.5) is 5.69 Å². The second-order valence-electron chi connectivity index (χ2n) is 5.44. The number of carbonyl (C=O) groups is 1. The summed E-state index contributed by atoms with van der Waals surface area (Å²) in [6.45, 7) is 4.66. The van der Waals surface area contributed by atoms with E-state index in [-0.39, 0.29) is 11.8 Å². The minimum atomic E-state index is -0.513. The van der Waals surface area contributed by atoms with Crippen molar-refractivity contribution >= 4 is 11.6 Å². The second kappa shape index (κ2) is 6.75. The van der Waals surface area contributed by atoms with Crippen LogP contribution in [0.25, 0.3) is 0 Å². The molecule has 110 valence electrons. The number of aryl methyl sites for hydroxylation is 1. The van der Waals surface area contributed by atoms with Gasteiger partial charge in [0.25, 0.3) is 0 Å². The molecule has 1 fully saturated rings. The lowest BCUT2D eigenvalue weighted by molar-refractivity contribution is -0.122. The summed E-state index contributed by atoms with van der Waals surface area (Å²) in [6.07, 6.45) is 2.78. The van der Waals surface area contributed by atoms with Crippen LogP contribution in [0.5, 0.6) is 5.75 Å². The zero-order valence-electron chi connectivity index (χ0n) is 12.2. The summed E-state index contributed by atoms with van der Waals surface area (Å²) in [5.74, 6) is 0.295. The first kappa shape index (κ1) is 14.9. The summed E-state index contributed by atoms with van der Waals surface area (Å²) in [7, 11) is 0. The third kappa shape index (κ3) is 3.51. The minimum absolute atomic E-state index is 0.111. The highest BCUT2D eigenvalue weighted by Gasteiger charge is 2.31. The number of amides is 1. The highest BCUT2D eigenvalue weighted by atomic mass is 16.5. The number of hydrogen-bond acceptors (Lipinski definition) is 3. The summed E-state index contributed by atoms with van der Waals surface area (Å²) in [5.41, 5.74) is 1.78. The maximum absolute atomic E-state index is 12.2. The van der Waals surface area contributed by atoms with Gasteiger partial charge in [-0.2, -0.15) is 0 Å². The molecule has 0 aliphatic heterocycles. The van der Waals surface area contributed by atoms with Crippen LogP contribution in [0, 0.1) is 12.8 Å². The number of benzene rings is 1. The predicted octanol–water partition coefficient (Wildman–Crippen LogP) is 2.88. The molecule has 2 rings (SSSR count). The van der Waals surface area contributed by atoms with E-state index in [0.717, 1.165) is 24.8 Å². The first-order chi connectivity index (χ1) is 9.61. The standard InChI is InChI=1S/C16H23NO3/c1-3-9-20-15-10-11(2)7-8-13(15)17-16(19)12-5-4-6-14(12)18/h7-8,10,12,14,18H,3-6,9H2,1-2H3,(H,17,19). The number of nitrogens with one attached hydrogen (secondary N) is 1. The molecule has 0 spiro atoms. The Labute approximate surface area is 120 Å². The molecule has 1 aromatic rings. The van der Waals surface area contributed by atoms with Crippen molar-refractivity contribution in [3.05, 3.63) is 23.8 Å². The van der Waals surface area contributed by atoms with E-state index < -0.39 is 6.10 Å². The third-order valence-electron chi connectivity index (χ3n) is 3.67. The van der Waals surface area contributed by atoms with Gasteiger partial charge in [-0.05, 0) is 50.3 Å². The van der Waals surface area contributed by atoms with E-state index in [4.69, 9.17) is 4.74 Å². The lowest BCUT2D eigenvalue weighted by Crippen LogP contribution is -2.28.